The number of carbonyl (C=O) groups is 1. The minimum absolute atomic E-state index is 0.0372. The molecule has 0 atom stereocenters. The first-order chi connectivity index (χ1) is 14.6. The number of hydrogen-bond acceptors (Lipinski definition) is 7. The van der Waals surface area contributed by atoms with Crippen molar-refractivity contribution in [1.29, 1.82) is 0 Å². The van der Waals surface area contributed by atoms with E-state index in [9.17, 15) is 22.0 Å². The van der Waals surface area contributed by atoms with E-state index in [1.807, 2.05) is 0 Å². The summed E-state index contributed by atoms with van der Waals surface area (Å²) in [4.78, 5) is 14.0. The van der Waals surface area contributed by atoms with Gasteiger partial charge in [0.15, 0.2) is 17.3 Å². The summed E-state index contributed by atoms with van der Waals surface area (Å²) in [7, 11) is -2.49. The number of urea groups is 1. The molecule has 2 aromatic rings. The molecule has 31 heavy (non-hydrogen) atoms. The molecule has 1 N–H and O–H groups in total. The number of nitrogens with one attached hydrogen (secondary N) is 1. The Labute approximate surface area is 177 Å². The van der Waals surface area contributed by atoms with Crippen LogP contribution in [0.3, 0.4) is 0 Å². The third kappa shape index (κ3) is 4.88. The molecular weight excluding hydrogens is 438 g/mol. The molecule has 1 aliphatic heterocycles. The highest BCUT2D eigenvalue weighted by Crippen LogP contribution is 2.31. The molecule has 2 amide bonds. The quantitative estimate of drug-likeness (QED) is 0.704. The van der Waals surface area contributed by atoms with E-state index in [-0.39, 0.29) is 59.7 Å². The highest BCUT2D eigenvalue weighted by Gasteiger charge is 2.34. The lowest BCUT2D eigenvalue weighted by molar-refractivity contribution is -0.0511. The van der Waals surface area contributed by atoms with Gasteiger partial charge in [0.2, 0.25) is 10.0 Å². The van der Waals surface area contributed by atoms with Gasteiger partial charge in [-0.1, -0.05) is 5.16 Å². The zero-order valence-corrected chi connectivity index (χ0v) is 17.9. The number of aryl methyl sites for hydroxylation is 2. The molecule has 1 saturated heterocycles. The van der Waals surface area contributed by atoms with Crippen molar-refractivity contribution in [2.24, 2.45) is 0 Å². The fraction of sp³-hybridized carbons (Fsp3) is 0.444. The summed E-state index contributed by atoms with van der Waals surface area (Å²) in [5.41, 5.74) is 0.506. The lowest BCUT2D eigenvalue weighted by Gasteiger charge is -2.33. The largest absolute Gasteiger partial charge is 0.493 e. The normalized spacial score (nSPS) is 15.2. The number of halogens is 2. The number of alkyl halides is 2. The molecule has 0 spiro atoms. The smallest absolute Gasteiger partial charge is 0.387 e. The Balaban J connectivity index is 1.64. The van der Waals surface area contributed by atoms with Gasteiger partial charge >= 0.3 is 12.6 Å². The Hall–Kier alpha value is -2.93. The maximum atomic E-state index is 12.9. The van der Waals surface area contributed by atoms with E-state index in [2.05, 4.69) is 15.2 Å². The topological polar surface area (TPSA) is 114 Å². The molecule has 0 radical (unpaired) electrons. The summed E-state index contributed by atoms with van der Waals surface area (Å²) >= 11 is 0. The van der Waals surface area contributed by atoms with Crippen LogP contribution in [0.25, 0.3) is 0 Å². The fourth-order valence-electron chi connectivity index (χ4n) is 3.25. The summed E-state index contributed by atoms with van der Waals surface area (Å²) in [5.74, 6) is 0.0844. The highest BCUT2D eigenvalue weighted by atomic mass is 32.2. The van der Waals surface area contributed by atoms with Crippen molar-refractivity contribution >= 4 is 21.7 Å². The number of carbonyl (C=O) groups excluding carboxylic acids is 1. The van der Waals surface area contributed by atoms with Crippen molar-refractivity contribution in [3.63, 3.8) is 0 Å². The van der Waals surface area contributed by atoms with Crippen LogP contribution in [-0.2, 0) is 10.0 Å². The van der Waals surface area contributed by atoms with E-state index >= 15 is 0 Å². The van der Waals surface area contributed by atoms with Crippen LogP contribution in [0.5, 0.6) is 11.5 Å². The third-order valence-electron chi connectivity index (χ3n) is 4.72. The standard InChI is InChI=1S/C18H22F2N4O6S/c1-11-16(12(2)30-22-11)31(26,27)24-8-6-23(7-9-24)18(25)21-13-4-5-14(28-3)15(10-13)29-17(19)20/h4-5,10,17H,6-9H2,1-3H3,(H,21,25). The second-order valence-electron chi connectivity index (χ2n) is 6.72. The number of amides is 2. The van der Waals surface area contributed by atoms with Crippen molar-refractivity contribution in [2.45, 2.75) is 25.4 Å². The van der Waals surface area contributed by atoms with Crippen LogP contribution in [0.4, 0.5) is 19.3 Å². The van der Waals surface area contributed by atoms with Crippen LogP contribution in [0.15, 0.2) is 27.6 Å². The first kappa shape index (κ1) is 22.7. The SMILES string of the molecule is COc1ccc(NC(=O)N2CCN(S(=O)(=O)c3c(C)noc3C)CC2)cc1OC(F)F. The second-order valence-corrected chi connectivity index (χ2v) is 8.59. The molecule has 0 saturated carbocycles. The molecule has 1 aliphatic rings. The number of nitrogens with zero attached hydrogens (tertiary/aromatic N) is 3. The van der Waals surface area contributed by atoms with Gasteiger partial charge in [0.05, 0.1) is 7.11 Å². The Morgan fingerprint density at radius 2 is 1.87 bits per heavy atom. The van der Waals surface area contributed by atoms with Gasteiger partial charge in [0.1, 0.15) is 10.6 Å². The van der Waals surface area contributed by atoms with E-state index in [4.69, 9.17) is 9.26 Å². The molecule has 1 aromatic heterocycles. The van der Waals surface area contributed by atoms with Crippen molar-refractivity contribution in [1.82, 2.24) is 14.4 Å². The van der Waals surface area contributed by atoms with Gasteiger partial charge in [-0.3, -0.25) is 0 Å². The predicted molar refractivity (Wildman–Crippen MR) is 105 cm³/mol. The van der Waals surface area contributed by atoms with E-state index in [0.717, 1.165) is 0 Å². The minimum atomic E-state index is -3.80. The minimum Gasteiger partial charge on any atom is -0.493 e. The maximum absolute atomic E-state index is 12.9. The van der Waals surface area contributed by atoms with Gasteiger partial charge in [-0.2, -0.15) is 13.1 Å². The molecule has 0 aliphatic carbocycles. The molecular formula is C18H22F2N4O6S. The van der Waals surface area contributed by atoms with Gasteiger partial charge < -0.3 is 24.2 Å². The van der Waals surface area contributed by atoms with Crippen LogP contribution in [0, 0.1) is 13.8 Å². The number of hydrogen-bond donors (Lipinski definition) is 1. The van der Waals surface area contributed by atoms with Gasteiger partial charge in [-0.15, -0.1) is 0 Å². The van der Waals surface area contributed by atoms with Crippen LogP contribution < -0.4 is 14.8 Å². The molecule has 1 fully saturated rings. The summed E-state index contributed by atoms with van der Waals surface area (Å²) < 4.78 is 66.4. The number of rotatable bonds is 6. The van der Waals surface area contributed by atoms with E-state index in [1.54, 1.807) is 6.92 Å². The zero-order valence-electron chi connectivity index (χ0n) is 17.1. The number of sulfonamides is 1. The van der Waals surface area contributed by atoms with Crippen LogP contribution in [0.2, 0.25) is 0 Å². The summed E-state index contributed by atoms with van der Waals surface area (Å²) in [6.45, 7) is 0.485. The monoisotopic (exact) mass is 460 g/mol. The molecule has 0 unspecified atom stereocenters. The lowest BCUT2D eigenvalue weighted by atomic mass is 10.2. The van der Waals surface area contributed by atoms with Gasteiger partial charge in [0, 0.05) is 37.9 Å². The van der Waals surface area contributed by atoms with Gasteiger partial charge in [-0.05, 0) is 26.0 Å². The number of ether oxygens (including phenoxy) is 2. The summed E-state index contributed by atoms with van der Waals surface area (Å²) in [6, 6.07) is 3.60. The van der Waals surface area contributed by atoms with Gasteiger partial charge in [-0.25, -0.2) is 13.2 Å². The second kappa shape index (κ2) is 9.06. The number of benzene rings is 1. The first-order valence-corrected chi connectivity index (χ1v) is 10.7. The average Bonchev–Trinajstić information content (AvgIpc) is 3.06. The Bertz CT molecular complexity index is 1030. The molecule has 10 nitrogen and oxygen atoms in total. The zero-order chi connectivity index (χ0) is 22.8. The highest BCUT2D eigenvalue weighted by molar-refractivity contribution is 7.89. The van der Waals surface area contributed by atoms with E-state index in [0.29, 0.717) is 0 Å². The number of piperazine rings is 1. The molecule has 170 valence electrons. The number of aromatic nitrogens is 1. The molecule has 2 heterocycles. The Morgan fingerprint density at radius 3 is 2.42 bits per heavy atom. The molecule has 0 bridgehead atoms. The number of anilines is 1. The van der Waals surface area contributed by atoms with Crippen molar-refractivity contribution in [3.05, 3.63) is 29.7 Å². The van der Waals surface area contributed by atoms with Crippen molar-refractivity contribution in [3.8, 4) is 11.5 Å². The van der Waals surface area contributed by atoms with E-state index < -0.39 is 22.7 Å². The van der Waals surface area contributed by atoms with Crippen molar-refractivity contribution in [2.75, 3.05) is 38.6 Å². The third-order valence-corrected chi connectivity index (χ3v) is 6.87. The summed E-state index contributed by atoms with van der Waals surface area (Å²) in [6.07, 6.45) is 0. The Morgan fingerprint density at radius 1 is 1.19 bits per heavy atom. The first-order valence-electron chi connectivity index (χ1n) is 9.25. The predicted octanol–water partition coefficient (Wildman–Crippen LogP) is 2.44. The molecule has 13 heteroatoms. The van der Waals surface area contributed by atoms with Crippen molar-refractivity contribution < 1.29 is 36.0 Å². The molecule has 1 aromatic carbocycles. The molecule has 3 rings (SSSR count). The van der Waals surface area contributed by atoms with Crippen LogP contribution in [-0.4, -0.2) is 68.7 Å². The summed E-state index contributed by atoms with van der Waals surface area (Å²) in [5, 5.41) is 6.27. The lowest BCUT2D eigenvalue weighted by Crippen LogP contribution is -2.51. The van der Waals surface area contributed by atoms with E-state index in [1.165, 1.54) is 41.4 Å². The average molecular weight is 460 g/mol. The Kier molecular flexibility index (Phi) is 6.65. The van der Waals surface area contributed by atoms with Gasteiger partial charge in [0.25, 0.3) is 0 Å². The van der Waals surface area contributed by atoms with Crippen LogP contribution in [0.1, 0.15) is 11.5 Å². The number of methoxy groups -OCH3 is 1. The maximum Gasteiger partial charge on any atom is 0.387 e. The van der Waals surface area contributed by atoms with Crippen LogP contribution >= 0.6 is 0 Å². The fourth-order valence-corrected chi connectivity index (χ4v) is 4.96.